The maximum Gasteiger partial charge on any atom is 0.0456 e. The number of hydrogen-bond acceptors (Lipinski definition) is 0. The maximum atomic E-state index is 3.19. The summed E-state index contributed by atoms with van der Waals surface area (Å²) in [6, 6.07) is 8.63. The zero-order chi connectivity index (χ0) is 11.7. The molecule has 0 fully saturated rings. The number of aromatic nitrogens is 1. The first-order chi connectivity index (χ1) is 7.40. The first-order valence-electron chi connectivity index (χ1n) is 5.96. The molecule has 1 nitrogen and oxygen atoms in total. The molecule has 0 aliphatic heterocycles. The van der Waals surface area contributed by atoms with Gasteiger partial charge >= 0.3 is 0 Å². The van der Waals surface area contributed by atoms with Crippen molar-refractivity contribution < 1.29 is 1.43 Å². The monoisotopic (exact) mass is 207 g/mol. The summed E-state index contributed by atoms with van der Waals surface area (Å²) in [6.07, 6.45) is 3.08. The summed E-state index contributed by atoms with van der Waals surface area (Å²) >= 11 is 0. The van der Waals surface area contributed by atoms with Gasteiger partial charge in [-0.2, -0.15) is 0 Å². The Morgan fingerprint density at radius 1 is 1.07 bits per heavy atom. The summed E-state index contributed by atoms with van der Waals surface area (Å²) in [4.78, 5) is 3.19. The van der Waals surface area contributed by atoms with E-state index >= 15 is 0 Å². The van der Waals surface area contributed by atoms with Crippen LogP contribution in [-0.4, -0.2) is 4.98 Å². The molecule has 0 atom stereocenters. The fourth-order valence-electron chi connectivity index (χ4n) is 1.31. The molecule has 0 saturated carbocycles. The van der Waals surface area contributed by atoms with Crippen molar-refractivity contribution in [1.82, 2.24) is 4.98 Å². The predicted octanol–water partition coefficient (Wildman–Crippen LogP) is 5.03. The van der Waals surface area contributed by atoms with Crippen LogP contribution in [0.4, 0.5) is 0 Å². The second kappa shape index (κ2) is 8.10. The van der Waals surface area contributed by atoms with Gasteiger partial charge in [0.25, 0.3) is 0 Å². The van der Waals surface area contributed by atoms with E-state index in [0.717, 1.165) is 6.42 Å². The third kappa shape index (κ3) is 3.78. The van der Waals surface area contributed by atoms with Crippen LogP contribution in [0.5, 0.6) is 0 Å². The van der Waals surface area contributed by atoms with Gasteiger partial charge in [-0.05, 0) is 29.5 Å². The molecule has 1 N–H and O–H groups in total. The molecule has 0 aliphatic carbocycles. The smallest absolute Gasteiger partial charge is 0.0456 e. The quantitative estimate of drug-likeness (QED) is 0.675. The molecule has 86 valence electrons. The minimum atomic E-state index is 0. The number of aryl methyl sites for hydroxylation is 1. The van der Waals surface area contributed by atoms with Crippen LogP contribution in [-0.2, 0) is 6.42 Å². The van der Waals surface area contributed by atoms with Crippen LogP contribution in [0.1, 0.15) is 41.6 Å². The number of fused-ring (bicyclic) bond motifs is 1. The Morgan fingerprint density at radius 3 is 2.33 bits per heavy atom. The van der Waals surface area contributed by atoms with E-state index in [1.54, 1.807) is 0 Å². The van der Waals surface area contributed by atoms with Gasteiger partial charge in [0.05, 0.1) is 0 Å². The molecule has 0 saturated heterocycles. The van der Waals surface area contributed by atoms with Gasteiger partial charge in [0.2, 0.25) is 0 Å². The van der Waals surface area contributed by atoms with Crippen molar-refractivity contribution in [2.75, 3.05) is 0 Å². The van der Waals surface area contributed by atoms with Crippen molar-refractivity contribution in [3.63, 3.8) is 0 Å². The molecule has 0 aliphatic rings. The SMILES string of the molecule is CC.CC.CCc1ccc2cc[nH]c2c1.[HH]. The summed E-state index contributed by atoms with van der Waals surface area (Å²) in [5.41, 5.74) is 2.63. The van der Waals surface area contributed by atoms with Crippen LogP contribution in [0.3, 0.4) is 0 Å². The van der Waals surface area contributed by atoms with Crippen LogP contribution in [0.25, 0.3) is 10.9 Å². The second-order valence-electron chi connectivity index (χ2n) is 2.75. The van der Waals surface area contributed by atoms with Gasteiger partial charge < -0.3 is 4.98 Å². The molecule has 0 unspecified atom stereocenters. The van der Waals surface area contributed by atoms with Crippen molar-refractivity contribution in [3.05, 3.63) is 36.0 Å². The lowest BCUT2D eigenvalue weighted by atomic mass is 10.1. The minimum absolute atomic E-state index is 0. The summed E-state index contributed by atoms with van der Waals surface area (Å²) in [7, 11) is 0. The Hall–Kier alpha value is -1.24. The summed E-state index contributed by atoms with van der Waals surface area (Å²) in [5.74, 6) is 0. The number of H-pyrrole nitrogens is 1. The third-order valence-corrected chi connectivity index (χ3v) is 2.03. The van der Waals surface area contributed by atoms with Crippen molar-refractivity contribution in [2.45, 2.75) is 41.0 Å². The fraction of sp³-hybridized carbons (Fsp3) is 0.429. The largest absolute Gasteiger partial charge is 0.361 e. The zero-order valence-corrected chi connectivity index (χ0v) is 10.6. The van der Waals surface area contributed by atoms with E-state index in [9.17, 15) is 0 Å². The van der Waals surface area contributed by atoms with Crippen LogP contribution < -0.4 is 0 Å². The minimum Gasteiger partial charge on any atom is -0.361 e. The summed E-state index contributed by atoms with van der Waals surface area (Å²) in [6.45, 7) is 10.2. The number of nitrogens with one attached hydrogen (secondary N) is 1. The van der Waals surface area contributed by atoms with E-state index in [2.05, 4.69) is 36.2 Å². The van der Waals surface area contributed by atoms with Gasteiger partial charge in [0.15, 0.2) is 0 Å². The van der Waals surface area contributed by atoms with E-state index in [-0.39, 0.29) is 1.43 Å². The van der Waals surface area contributed by atoms with Gasteiger partial charge in [-0.1, -0.05) is 46.8 Å². The van der Waals surface area contributed by atoms with Crippen molar-refractivity contribution in [2.24, 2.45) is 0 Å². The molecule has 2 aromatic rings. The summed E-state index contributed by atoms with van der Waals surface area (Å²) < 4.78 is 0. The van der Waals surface area contributed by atoms with Crippen LogP contribution >= 0.6 is 0 Å². The number of hydrogen-bond donors (Lipinski definition) is 1. The van der Waals surface area contributed by atoms with Gasteiger partial charge in [-0.15, -0.1) is 0 Å². The van der Waals surface area contributed by atoms with E-state index in [0.29, 0.717) is 0 Å². The van der Waals surface area contributed by atoms with Crippen LogP contribution in [0.15, 0.2) is 30.5 Å². The van der Waals surface area contributed by atoms with Crippen molar-refractivity contribution in [3.8, 4) is 0 Å². The van der Waals surface area contributed by atoms with E-state index in [4.69, 9.17) is 0 Å². The average Bonchev–Trinajstić information content (AvgIpc) is 2.81. The molecule has 0 amide bonds. The van der Waals surface area contributed by atoms with Crippen LogP contribution in [0.2, 0.25) is 0 Å². The first kappa shape index (κ1) is 13.8. The molecule has 1 heterocycles. The number of benzene rings is 1. The Morgan fingerprint density at radius 2 is 1.73 bits per heavy atom. The Bertz CT molecular complexity index is 366. The highest BCUT2D eigenvalue weighted by atomic mass is 14.7. The van der Waals surface area contributed by atoms with Crippen LogP contribution in [0, 0.1) is 0 Å². The van der Waals surface area contributed by atoms with E-state index < -0.39 is 0 Å². The van der Waals surface area contributed by atoms with Gasteiger partial charge in [-0.3, -0.25) is 0 Å². The highest BCUT2D eigenvalue weighted by Gasteiger charge is 1.93. The topological polar surface area (TPSA) is 15.8 Å². The average molecular weight is 207 g/mol. The summed E-state index contributed by atoms with van der Waals surface area (Å²) in [5, 5.41) is 1.29. The number of rotatable bonds is 1. The third-order valence-electron chi connectivity index (χ3n) is 2.03. The molecule has 1 heteroatoms. The highest BCUT2D eigenvalue weighted by molar-refractivity contribution is 5.79. The molecule has 0 spiro atoms. The van der Waals surface area contributed by atoms with Gasteiger partial charge in [0, 0.05) is 13.1 Å². The normalized spacial score (nSPS) is 8.60. The standard InChI is InChI=1S/C10H11N.2C2H6.H2/c1-2-8-3-4-9-5-6-11-10(9)7-8;2*1-2;/h3-7,11H,2H2,1H3;2*1-2H3;1H. The predicted molar refractivity (Wildman–Crippen MR) is 72.5 cm³/mol. The molecule has 15 heavy (non-hydrogen) atoms. The van der Waals surface area contributed by atoms with Crippen molar-refractivity contribution >= 4 is 10.9 Å². The lowest BCUT2D eigenvalue weighted by molar-refractivity contribution is 1.14. The number of aromatic amines is 1. The highest BCUT2D eigenvalue weighted by Crippen LogP contribution is 2.13. The van der Waals surface area contributed by atoms with Gasteiger partial charge in [0.1, 0.15) is 0 Å². The molecule has 2 rings (SSSR count). The molecule has 1 aromatic heterocycles. The molecular weight excluding hydrogens is 182 g/mol. The molecule has 1 aromatic carbocycles. The molecule has 0 radical (unpaired) electrons. The van der Waals surface area contributed by atoms with E-state index in [1.807, 2.05) is 33.9 Å². The van der Waals surface area contributed by atoms with Crippen molar-refractivity contribution in [1.29, 1.82) is 0 Å². The molecular formula is C14H25N. The fourth-order valence-corrected chi connectivity index (χ4v) is 1.31. The molecule has 0 bridgehead atoms. The van der Waals surface area contributed by atoms with Gasteiger partial charge in [-0.25, -0.2) is 0 Å². The second-order valence-corrected chi connectivity index (χ2v) is 2.75. The Balaban J connectivity index is 0. The maximum absolute atomic E-state index is 3.19. The zero-order valence-electron chi connectivity index (χ0n) is 10.6. The lowest BCUT2D eigenvalue weighted by Gasteiger charge is -1.94. The lowest BCUT2D eigenvalue weighted by Crippen LogP contribution is -1.77. The van der Waals surface area contributed by atoms with E-state index in [1.165, 1.54) is 16.5 Å². The Kier molecular flexibility index (Phi) is 7.43. The first-order valence-corrected chi connectivity index (χ1v) is 5.96. The Labute approximate surface area is 95.0 Å².